The summed E-state index contributed by atoms with van der Waals surface area (Å²) < 4.78 is 13.6. The van der Waals surface area contributed by atoms with E-state index in [1.807, 2.05) is 11.8 Å². The van der Waals surface area contributed by atoms with E-state index in [4.69, 9.17) is 10.9 Å². The van der Waals surface area contributed by atoms with Crippen molar-refractivity contribution < 1.29 is 9.60 Å². The third-order valence-electron chi connectivity index (χ3n) is 3.74. The van der Waals surface area contributed by atoms with Crippen LogP contribution >= 0.6 is 11.8 Å². The number of thioether (sulfide) groups is 1. The van der Waals surface area contributed by atoms with Crippen LogP contribution in [0.5, 0.6) is 0 Å². The topological polar surface area (TPSA) is 70.6 Å². The van der Waals surface area contributed by atoms with E-state index < -0.39 is 0 Å². The van der Waals surface area contributed by atoms with Crippen LogP contribution in [-0.2, 0) is 6.54 Å². The van der Waals surface area contributed by atoms with Crippen molar-refractivity contribution in [3.63, 3.8) is 0 Å². The van der Waals surface area contributed by atoms with Crippen molar-refractivity contribution in [2.45, 2.75) is 44.0 Å². The minimum Gasteiger partial charge on any atom is -0.409 e. The van der Waals surface area contributed by atoms with Gasteiger partial charge in [-0.15, -0.1) is 0 Å². The van der Waals surface area contributed by atoms with Gasteiger partial charge in [-0.3, -0.25) is 0 Å². The molecule has 0 aliphatic heterocycles. The number of hydrogen-bond acceptors (Lipinski definition) is 4. The average Bonchev–Trinajstić information content (AvgIpc) is 2.92. The monoisotopic (exact) mass is 311 g/mol. The smallest absolute Gasteiger partial charge is 0.170 e. The molecule has 4 nitrogen and oxygen atoms in total. The lowest BCUT2D eigenvalue weighted by atomic mass is 10.1. The number of nitrogens with two attached hydrogens (primary N) is 1. The summed E-state index contributed by atoms with van der Waals surface area (Å²) >= 11 is 2.02. The van der Waals surface area contributed by atoms with E-state index in [1.54, 1.807) is 6.07 Å². The highest BCUT2D eigenvalue weighted by Crippen LogP contribution is 2.29. The van der Waals surface area contributed by atoms with E-state index in [-0.39, 0.29) is 11.7 Å². The fourth-order valence-corrected chi connectivity index (χ4v) is 3.88. The average molecular weight is 311 g/mol. The van der Waals surface area contributed by atoms with E-state index >= 15 is 0 Å². The van der Waals surface area contributed by atoms with Crippen molar-refractivity contribution in [3.05, 3.63) is 35.1 Å². The Balaban J connectivity index is 1.93. The number of halogens is 1. The Kier molecular flexibility index (Phi) is 5.87. The molecule has 0 radical (unpaired) electrons. The number of rotatable bonds is 6. The van der Waals surface area contributed by atoms with Crippen LogP contribution in [0.25, 0.3) is 0 Å². The van der Waals surface area contributed by atoms with Gasteiger partial charge in [-0.25, -0.2) is 4.39 Å². The predicted octanol–water partition coefficient (Wildman–Crippen LogP) is 2.68. The van der Waals surface area contributed by atoms with Gasteiger partial charge in [0.05, 0.1) is 0 Å². The maximum absolute atomic E-state index is 13.6. The lowest BCUT2D eigenvalue weighted by molar-refractivity contribution is 0.318. The van der Waals surface area contributed by atoms with Gasteiger partial charge in [-0.1, -0.05) is 12.1 Å². The molecule has 0 spiro atoms. The second kappa shape index (κ2) is 7.66. The molecule has 2 atom stereocenters. The van der Waals surface area contributed by atoms with Crippen molar-refractivity contribution in [1.29, 1.82) is 0 Å². The molecule has 0 saturated heterocycles. The van der Waals surface area contributed by atoms with E-state index in [1.165, 1.54) is 31.4 Å². The molecule has 21 heavy (non-hydrogen) atoms. The van der Waals surface area contributed by atoms with Gasteiger partial charge >= 0.3 is 0 Å². The first kappa shape index (κ1) is 16.1. The normalized spacial score (nSPS) is 22.7. The minimum absolute atomic E-state index is 0.0731. The first-order valence-electron chi connectivity index (χ1n) is 7.24. The van der Waals surface area contributed by atoms with Crippen LogP contribution in [0.3, 0.4) is 0 Å². The zero-order chi connectivity index (χ0) is 15.2. The largest absolute Gasteiger partial charge is 0.409 e. The van der Waals surface area contributed by atoms with Crippen LogP contribution in [0.15, 0.2) is 23.4 Å². The second-order valence-electron chi connectivity index (χ2n) is 5.30. The Morgan fingerprint density at radius 3 is 3.00 bits per heavy atom. The molecule has 1 saturated carbocycles. The van der Waals surface area contributed by atoms with Crippen LogP contribution in [0.2, 0.25) is 0 Å². The van der Waals surface area contributed by atoms with Gasteiger partial charge in [0.25, 0.3) is 0 Å². The van der Waals surface area contributed by atoms with Crippen molar-refractivity contribution >= 4 is 17.6 Å². The molecule has 0 bridgehead atoms. The molecular weight excluding hydrogens is 289 g/mol. The van der Waals surface area contributed by atoms with Crippen LogP contribution in [0, 0.1) is 5.82 Å². The van der Waals surface area contributed by atoms with Crippen LogP contribution in [0.4, 0.5) is 4.39 Å². The summed E-state index contributed by atoms with van der Waals surface area (Å²) in [4.78, 5) is 0. The SMILES string of the molecule is CCSC1CCC(NCc2cc(F)cc(/C(N)=N/O)c2)C1. The van der Waals surface area contributed by atoms with E-state index in [2.05, 4.69) is 17.4 Å². The van der Waals surface area contributed by atoms with E-state index in [9.17, 15) is 4.39 Å². The summed E-state index contributed by atoms with van der Waals surface area (Å²) in [5.74, 6) is 0.711. The van der Waals surface area contributed by atoms with Gasteiger partial charge in [-0.2, -0.15) is 11.8 Å². The van der Waals surface area contributed by atoms with Gasteiger partial charge in [-0.05, 0) is 48.8 Å². The number of nitrogens with one attached hydrogen (secondary N) is 1. The Morgan fingerprint density at radius 1 is 1.48 bits per heavy atom. The number of benzene rings is 1. The molecular formula is C15H22FN3OS. The van der Waals surface area contributed by atoms with Crippen molar-refractivity contribution in [3.8, 4) is 0 Å². The standard InChI is InChI=1S/C15H22FN3OS/c1-2-21-14-4-3-13(8-14)18-9-10-5-11(15(17)19-20)7-12(16)6-10/h5-7,13-14,18,20H,2-4,8-9H2,1H3,(H2,17,19). The molecule has 1 aliphatic carbocycles. The third kappa shape index (κ3) is 4.61. The molecule has 6 heteroatoms. The first-order valence-corrected chi connectivity index (χ1v) is 8.29. The Bertz CT molecular complexity index is 510. The number of oxime groups is 1. The summed E-state index contributed by atoms with van der Waals surface area (Å²) in [7, 11) is 0. The lowest BCUT2D eigenvalue weighted by Crippen LogP contribution is -2.26. The molecule has 116 valence electrons. The van der Waals surface area contributed by atoms with Crippen LogP contribution in [0.1, 0.15) is 37.3 Å². The Labute approximate surface area is 129 Å². The molecule has 1 aliphatic rings. The van der Waals surface area contributed by atoms with Crippen molar-refractivity contribution in [2.24, 2.45) is 10.9 Å². The highest BCUT2D eigenvalue weighted by molar-refractivity contribution is 7.99. The number of amidine groups is 1. The van der Waals surface area contributed by atoms with Gasteiger partial charge in [0, 0.05) is 23.4 Å². The molecule has 2 unspecified atom stereocenters. The van der Waals surface area contributed by atoms with Crippen molar-refractivity contribution in [2.75, 3.05) is 5.75 Å². The Hall–Kier alpha value is -1.27. The predicted molar refractivity (Wildman–Crippen MR) is 85.3 cm³/mol. The van der Waals surface area contributed by atoms with E-state index in [0.717, 1.165) is 16.6 Å². The summed E-state index contributed by atoms with van der Waals surface area (Å²) in [6, 6.07) is 4.99. The van der Waals surface area contributed by atoms with E-state index in [0.29, 0.717) is 18.2 Å². The summed E-state index contributed by atoms with van der Waals surface area (Å²) in [6.45, 7) is 2.78. The molecule has 1 aromatic rings. The number of hydrogen-bond donors (Lipinski definition) is 3. The molecule has 2 rings (SSSR count). The molecule has 4 N–H and O–H groups in total. The second-order valence-corrected chi connectivity index (χ2v) is 6.88. The zero-order valence-electron chi connectivity index (χ0n) is 12.2. The molecule has 1 aromatic carbocycles. The lowest BCUT2D eigenvalue weighted by Gasteiger charge is -2.13. The summed E-state index contributed by atoms with van der Waals surface area (Å²) in [5.41, 5.74) is 6.72. The van der Waals surface area contributed by atoms with Gasteiger partial charge in [0.2, 0.25) is 0 Å². The van der Waals surface area contributed by atoms with Gasteiger partial charge in [0.15, 0.2) is 5.84 Å². The summed E-state index contributed by atoms with van der Waals surface area (Å²) in [5, 5.41) is 15.8. The molecule has 1 fully saturated rings. The number of nitrogens with zero attached hydrogens (tertiary/aromatic N) is 1. The zero-order valence-corrected chi connectivity index (χ0v) is 13.0. The fourth-order valence-electron chi connectivity index (χ4n) is 2.73. The van der Waals surface area contributed by atoms with Crippen molar-refractivity contribution in [1.82, 2.24) is 5.32 Å². The maximum atomic E-state index is 13.6. The fraction of sp³-hybridized carbons (Fsp3) is 0.533. The Morgan fingerprint density at radius 2 is 2.29 bits per heavy atom. The minimum atomic E-state index is -0.373. The van der Waals surface area contributed by atoms with Crippen LogP contribution in [-0.4, -0.2) is 28.1 Å². The highest BCUT2D eigenvalue weighted by Gasteiger charge is 2.23. The third-order valence-corrected chi connectivity index (χ3v) is 4.98. The maximum Gasteiger partial charge on any atom is 0.170 e. The molecule has 0 heterocycles. The molecule has 0 aromatic heterocycles. The van der Waals surface area contributed by atoms with Crippen LogP contribution < -0.4 is 11.1 Å². The first-order chi connectivity index (χ1) is 10.1. The highest BCUT2D eigenvalue weighted by atomic mass is 32.2. The quantitative estimate of drug-likeness (QED) is 0.327. The van der Waals surface area contributed by atoms with Gasteiger partial charge in [0.1, 0.15) is 5.82 Å². The summed E-state index contributed by atoms with van der Waals surface area (Å²) in [6.07, 6.45) is 3.58. The molecule has 0 amide bonds. The van der Waals surface area contributed by atoms with Gasteiger partial charge < -0.3 is 16.3 Å².